The van der Waals surface area contributed by atoms with Gasteiger partial charge in [-0.2, -0.15) is 0 Å². The van der Waals surface area contributed by atoms with Crippen LogP contribution in [-0.4, -0.2) is 40.1 Å². The van der Waals surface area contributed by atoms with Gasteiger partial charge in [-0.25, -0.2) is 9.59 Å². The Balaban J connectivity index is 1.88. The van der Waals surface area contributed by atoms with Crippen molar-refractivity contribution in [1.29, 1.82) is 0 Å². The SMILES string of the molecule is CC(C)(C)OC(=O)[C@]12O[C@@]3(CCC[C@@H]3[C@@]13C=CC(=O)O3)CCC2=O. The average Bonchev–Trinajstić information content (AvgIpc) is 3.08. The first-order valence-electron chi connectivity index (χ1n) is 8.54. The van der Waals surface area contributed by atoms with Crippen molar-refractivity contribution in [3.8, 4) is 0 Å². The summed E-state index contributed by atoms with van der Waals surface area (Å²) < 4.78 is 17.4. The number of hydrogen-bond donors (Lipinski definition) is 0. The monoisotopic (exact) mass is 334 g/mol. The quantitative estimate of drug-likeness (QED) is 0.538. The van der Waals surface area contributed by atoms with Gasteiger partial charge in [-0.1, -0.05) is 6.42 Å². The van der Waals surface area contributed by atoms with E-state index in [0.29, 0.717) is 6.42 Å². The Morgan fingerprint density at radius 2 is 2.04 bits per heavy atom. The van der Waals surface area contributed by atoms with Gasteiger partial charge in [-0.3, -0.25) is 4.79 Å². The highest BCUT2D eigenvalue weighted by molar-refractivity contribution is 6.12. The van der Waals surface area contributed by atoms with E-state index in [4.69, 9.17) is 14.2 Å². The number of carbonyl (C=O) groups excluding carboxylic acids is 3. The number of ketones is 1. The summed E-state index contributed by atoms with van der Waals surface area (Å²) in [6.45, 7) is 5.22. The van der Waals surface area contributed by atoms with Gasteiger partial charge in [0, 0.05) is 18.4 Å². The van der Waals surface area contributed by atoms with Crippen LogP contribution in [-0.2, 0) is 28.6 Å². The summed E-state index contributed by atoms with van der Waals surface area (Å²) in [5.41, 5.74) is -4.59. The molecule has 6 heteroatoms. The standard InChI is InChI=1S/C18H22O6/c1-15(2,3)23-14(21)18-12(19)6-9-16(24-18)8-4-5-11(16)17(18)10-7-13(20)22-17/h7,10-11H,4-6,8-9H2,1-3H3/t11-,16-,17-,18-/m0/s1. The van der Waals surface area contributed by atoms with Gasteiger partial charge in [-0.15, -0.1) is 0 Å². The topological polar surface area (TPSA) is 78.9 Å². The Morgan fingerprint density at radius 1 is 1.29 bits per heavy atom. The van der Waals surface area contributed by atoms with E-state index in [1.54, 1.807) is 26.8 Å². The van der Waals surface area contributed by atoms with Crippen molar-refractivity contribution in [3.05, 3.63) is 12.2 Å². The number of rotatable bonds is 1. The molecule has 3 fully saturated rings. The van der Waals surface area contributed by atoms with Gasteiger partial charge < -0.3 is 14.2 Å². The maximum Gasteiger partial charge on any atom is 0.351 e. The molecule has 24 heavy (non-hydrogen) atoms. The van der Waals surface area contributed by atoms with E-state index in [1.165, 1.54) is 6.08 Å². The predicted molar refractivity (Wildman–Crippen MR) is 81.9 cm³/mol. The molecule has 0 radical (unpaired) electrons. The Bertz CT molecular complexity index is 673. The van der Waals surface area contributed by atoms with Crippen LogP contribution in [0, 0.1) is 5.92 Å². The molecular weight excluding hydrogens is 312 g/mol. The fourth-order valence-corrected chi connectivity index (χ4v) is 4.99. The fraction of sp³-hybridized carbons (Fsp3) is 0.722. The molecule has 4 rings (SSSR count). The molecule has 3 aliphatic heterocycles. The van der Waals surface area contributed by atoms with Crippen LogP contribution in [0.25, 0.3) is 0 Å². The molecule has 0 unspecified atom stereocenters. The number of hydrogen-bond acceptors (Lipinski definition) is 6. The van der Waals surface area contributed by atoms with Crippen molar-refractivity contribution in [3.63, 3.8) is 0 Å². The minimum absolute atomic E-state index is 0.188. The molecule has 2 spiro atoms. The third-order valence-corrected chi connectivity index (χ3v) is 5.74. The smallest absolute Gasteiger partial charge is 0.351 e. The summed E-state index contributed by atoms with van der Waals surface area (Å²) in [6, 6.07) is 0. The Hall–Kier alpha value is -1.69. The van der Waals surface area contributed by atoms with Gasteiger partial charge in [0.1, 0.15) is 5.60 Å². The van der Waals surface area contributed by atoms with Crippen molar-refractivity contribution in [2.45, 2.75) is 75.3 Å². The molecule has 1 saturated carbocycles. The van der Waals surface area contributed by atoms with Gasteiger partial charge in [0.15, 0.2) is 11.4 Å². The second kappa shape index (κ2) is 4.48. The van der Waals surface area contributed by atoms with E-state index < -0.39 is 34.3 Å². The Labute approximate surface area is 140 Å². The summed E-state index contributed by atoms with van der Waals surface area (Å²) in [6.07, 6.45) is 6.13. The lowest BCUT2D eigenvalue weighted by Crippen LogP contribution is -2.65. The van der Waals surface area contributed by atoms with E-state index >= 15 is 0 Å². The van der Waals surface area contributed by atoms with E-state index in [1.807, 2.05) is 0 Å². The summed E-state index contributed by atoms with van der Waals surface area (Å²) in [4.78, 5) is 38.0. The third-order valence-electron chi connectivity index (χ3n) is 5.74. The van der Waals surface area contributed by atoms with Crippen molar-refractivity contribution in [2.75, 3.05) is 0 Å². The van der Waals surface area contributed by atoms with Crippen LogP contribution in [0.4, 0.5) is 0 Å². The molecule has 4 atom stereocenters. The van der Waals surface area contributed by atoms with Gasteiger partial charge >= 0.3 is 11.9 Å². The van der Waals surface area contributed by atoms with Gasteiger partial charge in [0.2, 0.25) is 0 Å². The second-order valence-electron chi connectivity index (χ2n) is 8.27. The molecule has 2 bridgehead atoms. The highest BCUT2D eigenvalue weighted by Gasteiger charge is 2.82. The molecule has 0 aromatic carbocycles. The lowest BCUT2D eigenvalue weighted by atomic mass is 9.72. The number of Topliss-reactive ketones (excluding diaryl/α,β-unsaturated/α-hetero) is 1. The third kappa shape index (κ3) is 1.72. The van der Waals surface area contributed by atoms with Gasteiger partial charge in [0.25, 0.3) is 5.60 Å². The van der Waals surface area contributed by atoms with E-state index in [9.17, 15) is 14.4 Å². The van der Waals surface area contributed by atoms with Crippen LogP contribution < -0.4 is 0 Å². The maximum absolute atomic E-state index is 13.1. The zero-order valence-corrected chi connectivity index (χ0v) is 14.2. The minimum atomic E-state index is -1.87. The molecule has 6 nitrogen and oxygen atoms in total. The first-order chi connectivity index (χ1) is 11.2. The first kappa shape index (κ1) is 15.8. The average molecular weight is 334 g/mol. The summed E-state index contributed by atoms with van der Waals surface area (Å²) in [5.74, 6) is -1.82. The van der Waals surface area contributed by atoms with Crippen LogP contribution in [0.15, 0.2) is 12.2 Å². The van der Waals surface area contributed by atoms with Crippen LogP contribution >= 0.6 is 0 Å². The largest absolute Gasteiger partial charge is 0.457 e. The molecular formula is C18H22O6. The molecule has 1 aliphatic carbocycles. The lowest BCUT2D eigenvalue weighted by Gasteiger charge is -2.41. The fourth-order valence-electron chi connectivity index (χ4n) is 4.99. The highest BCUT2D eigenvalue weighted by atomic mass is 16.6. The first-order valence-corrected chi connectivity index (χ1v) is 8.54. The molecule has 0 aromatic heterocycles. The molecule has 0 amide bonds. The van der Waals surface area contributed by atoms with Gasteiger partial charge in [-0.05, 0) is 46.1 Å². The second-order valence-corrected chi connectivity index (χ2v) is 8.27. The van der Waals surface area contributed by atoms with Gasteiger partial charge in [0.05, 0.1) is 5.60 Å². The Kier molecular flexibility index (Phi) is 2.95. The van der Waals surface area contributed by atoms with Crippen molar-refractivity contribution in [1.82, 2.24) is 0 Å². The highest BCUT2D eigenvalue weighted by Crippen LogP contribution is 2.65. The van der Waals surface area contributed by atoms with Crippen molar-refractivity contribution >= 4 is 17.7 Å². The maximum atomic E-state index is 13.1. The van der Waals surface area contributed by atoms with Crippen molar-refractivity contribution in [2.24, 2.45) is 5.92 Å². The molecule has 130 valence electrons. The normalized spacial score (nSPS) is 43.2. The molecule has 4 aliphatic rings. The van der Waals surface area contributed by atoms with E-state index in [-0.39, 0.29) is 18.1 Å². The van der Waals surface area contributed by atoms with Crippen LogP contribution in [0.3, 0.4) is 0 Å². The van der Waals surface area contributed by atoms with E-state index in [0.717, 1.165) is 19.3 Å². The van der Waals surface area contributed by atoms with Crippen molar-refractivity contribution < 1.29 is 28.6 Å². The summed E-state index contributed by atoms with van der Waals surface area (Å²) in [5, 5.41) is 0. The molecule has 0 N–H and O–H groups in total. The molecule has 3 heterocycles. The van der Waals surface area contributed by atoms with Crippen LogP contribution in [0.2, 0.25) is 0 Å². The number of fused-ring (bicyclic) bond motifs is 3. The minimum Gasteiger partial charge on any atom is -0.457 e. The molecule has 0 aromatic rings. The summed E-state index contributed by atoms with van der Waals surface area (Å²) in [7, 11) is 0. The zero-order chi connectivity index (χ0) is 17.4. The van der Waals surface area contributed by atoms with Crippen LogP contribution in [0.1, 0.15) is 52.9 Å². The lowest BCUT2D eigenvalue weighted by molar-refractivity contribution is -0.214. The predicted octanol–water partition coefficient (Wildman–Crippen LogP) is 1.85. The van der Waals surface area contributed by atoms with Crippen LogP contribution in [0.5, 0.6) is 0 Å². The number of ether oxygens (including phenoxy) is 3. The van der Waals surface area contributed by atoms with E-state index in [2.05, 4.69) is 0 Å². The zero-order valence-electron chi connectivity index (χ0n) is 14.2. The number of carbonyl (C=O) groups is 3. The number of esters is 2. The molecule has 2 saturated heterocycles. The summed E-state index contributed by atoms with van der Waals surface area (Å²) >= 11 is 0. The Morgan fingerprint density at radius 3 is 2.67 bits per heavy atom.